The van der Waals surface area contributed by atoms with Crippen LogP contribution in [0.3, 0.4) is 0 Å². The van der Waals surface area contributed by atoms with Crippen LogP contribution in [0.25, 0.3) is 0 Å². The van der Waals surface area contributed by atoms with Crippen LogP contribution in [0.15, 0.2) is 12.1 Å². The molecule has 16 heavy (non-hydrogen) atoms. The summed E-state index contributed by atoms with van der Waals surface area (Å²) in [4.78, 5) is 0. The summed E-state index contributed by atoms with van der Waals surface area (Å²) in [7, 11) is 5.34. The maximum Gasteiger partial charge on any atom is 0.161 e. The van der Waals surface area contributed by atoms with Crippen LogP contribution in [-0.2, 0) is 6.42 Å². The van der Waals surface area contributed by atoms with Gasteiger partial charge in [-0.2, -0.15) is 0 Å². The Morgan fingerprint density at radius 3 is 2.44 bits per heavy atom. The number of hydrogen-bond acceptors (Lipinski definition) is 3. The quantitative estimate of drug-likeness (QED) is 0.849. The molecule has 0 aromatic heterocycles. The van der Waals surface area contributed by atoms with Gasteiger partial charge in [0, 0.05) is 12.5 Å². The van der Waals surface area contributed by atoms with E-state index < -0.39 is 0 Å². The molecule has 0 fully saturated rings. The third-order valence-corrected chi connectivity index (χ3v) is 3.00. The van der Waals surface area contributed by atoms with Gasteiger partial charge >= 0.3 is 0 Å². The Hall–Kier alpha value is -1.22. The second-order valence-electron chi connectivity index (χ2n) is 3.86. The lowest BCUT2D eigenvalue weighted by molar-refractivity contribution is 0.352. The summed E-state index contributed by atoms with van der Waals surface area (Å²) < 4.78 is 10.5. The first-order valence-corrected chi connectivity index (χ1v) is 5.19. The highest BCUT2D eigenvalue weighted by atomic mass is 16.5. The topological polar surface area (TPSA) is 30.5 Å². The standard InChI is InChI=1S/C12H17NO2.CH4/c1-13-7-9-4-8-5-11(14-2)12(15-3)6-10(8)9;/h5-6,9,13H,4,7H2,1-3H3;1H4/t9-;/m1./s1. The molecular weight excluding hydrogens is 202 g/mol. The molecule has 3 heteroatoms. The summed E-state index contributed by atoms with van der Waals surface area (Å²) in [6, 6.07) is 4.18. The fraction of sp³-hybridized carbons (Fsp3) is 0.538. The Labute approximate surface area is 97.8 Å². The zero-order valence-corrected chi connectivity index (χ0v) is 9.46. The Morgan fingerprint density at radius 1 is 1.25 bits per heavy atom. The molecule has 0 spiro atoms. The summed E-state index contributed by atoms with van der Waals surface area (Å²) in [5.41, 5.74) is 2.77. The largest absolute Gasteiger partial charge is 0.493 e. The van der Waals surface area contributed by atoms with Crippen molar-refractivity contribution in [1.29, 1.82) is 0 Å². The molecule has 1 aliphatic carbocycles. The van der Waals surface area contributed by atoms with E-state index in [9.17, 15) is 0 Å². The van der Waals surface area contributed by atoms with Gasteiger partial charge < -0.3 is 14.8 Å². The average molecular weight is 223 g/mol. The summed E-state index contributed by atoms with van der Waals surface area (Å²) in [5, 5.41) is 3.20. The van der Waals surface area contributed by atoms with Gasteiger partial charge in [0.05, 0.1) is 14.2 Å². The Bertz CT molecular complexity index is 363. The van der Waals surface area contributed by atoms with Gasteiger partial charge in [-0.15, -0.1) is 0 Å². The molecule has 90 valence electrons. The number of ether oxygens (including phenoxy) is 2. The van der Waals surface area contributed by atoms with Gasteiger partial charge in [-0.1, -0.05) is 7.43 Å². The van der Waals surface area contributed by atoms with Crippen molar-refractivity contribution in [2.45, 2.75) is 19.8 Å². The third kappa shape index (κ3) is 2.00. The van der Waals surface area contributed by atoms with Gasteiger partial charge in [0.15, 0.2) is 11.5 Å². The first-order valence-electron chi connectivity index (χ1n) is 5.19. The van der Waals surface area contributed by atoms with E-state index in [1.54, 1.807) is 14.2 Å². The van der Waals surface area contributed by atoms with Crippen molar-refractivity contribution in [2.24, 2.45) is 0 Å². The minimum Gasteiger partial charge on any atom is -0.493 e. The highest BCUT2D eigenvalue weighted by Crippen LogP contribution is 2.41. The van der Waals surface area contributed by atoms with E-state index in [0.29, 0.717) is 5.92 Å². The van der Waals surface area contributed by atoms with Crippen molar-refractivity contribution < 1.29 is 9.47 Å². The van der Waals surface area contributed by atoms with Crippen LogP contribution >= 0.6 is 0 Å². The number of benzene rings is 1. The third-order valence-electron chi connectivity index (χ3n) is 3.00. The minimum absolute atomic E-state index is 0. The van der Waals surface area contributed by atoms with Gasteiger partial charge in [-0.05, 0) is 36.7 Å². The average Bonchev–Trinajstić information content (AvgIpc) is 2.25. The van der Waals surface area contributed by atoms with Gasteiger partial charge in [0.1, 0.15) is 0 Å². The van der Waals surface area contributed by atoms with E-state index in [1.807, 2.05) is 7.05 Å². The number of hydrogen-bond donors (Lipinski definition) is 1. The van der Waals surface area contributed by atoms with Crippen LogP contribution < -0.4 is 14.8 Å². The van der Waals surface area contributed by atoms with Crippen LogP contribution in [0.5, 0.6) is 11.5 Å². The smallest absolute Gasteiger partial charge is 0.161 e. The molecule has 1 atom stereocenters. The molecular formula is C13H21NO2. The van der Waals surface area contributed by atoms with E-state index in [-0.39, 0.29) is 7.43 Å². The van der Waals surface area contributed by atoms with Crippen LogP contribution in [0.4, 0.5) is 0 Å². The fourth-order valence-electron chi connectivity index (χ4n) is 2.17. The maximum atomic E-state index is 5.29. The van der Waals surface area contributed by atoms with Crippen LogP contribution in [0.2, 0.25) is 0 Å². The number of likely N-dealkylation sites (N-methyl/N-ethyl adjacent to an activating group) is 1. The number of nitrogens with one attached hydrogen (secondary N) is 1. The molecule has 0 radical (unpaired) electrons. The lowest BCUT2D eigenvalue weighted by Gasteiger charge is -2.31. The zero-order chi connectivity index (χ0) is 10.8. The van der Waals surface area contributed by atoms with Crippen molar-refractivity contribution in [3.05, 3.63) is 23.3 Å². The Balaban J connectivity index is 0.00000128. The van der Waals surface area contributed by atoms with Crippen molar-refractivity contribution in [2.75, 3.05) is 27.8 Å². The van der Waals surface area contributed by atoms with E-state index in [2.05, 4.69) is 17.4 Å². The predicted molar refractivity (Wildman–Crippen MR) is 66.6 cm³/mol. The molecule has 0 bridgehead atoms. The Morgan fingerprint density at radius 2 is 1.88 bits per heavy atom. The predicted octanol–water partition coefficient (Wildman–Crippen LogP) is 2.20. The van der Waals surface area contributed by atoms with Crippen molar-refractivity contribution in [1.82, 2.24) is 5.32 Å². The first kappa shape index (κ1) is 12.8. The molecule has 0 heterocycles. The van der Waals surface area contributed by atoms with Gasteiger partial charge in [0.25, 0.3) is 0 Å². The summed E-state index contributed by atoms with van der Waals surface area (Å²) in [6.45, 7) is 1.03. The van der Waals surface area contributed by atoms with Crippen molar-refractivity contribution in [3.8, 4) is 11.5 Å². The van der Waals surface area contributed by atoms with Crippen molar-refractivity contribution in [3.63, 3.8) is 0 Å². The highest BCUT2D eigenvalue weighted by Gasteiger charge is 2.27. The zero-order valence-electron chi connectivity index (χ0n) is 9.46. The lowest BCUT2D eigenvalue weighted by Crippen LogP contribution is -2.27. The molecule has 1 N–H and O–H groups in total. The molecule has 0 unspecified atom stereocenters. The molecule has 0 amide bonds. The maximum absolute atomic E-state index is 5.29. The minimum atomic E-state index is 0. The van der Waals surface area contributed by atoms with E-state index in [4.69, 9.17) is 9.47 Å². The van der Waals surface area contributed by atoms with Gasteiger partial charge in [-0.25, -0.2) is 0 Å². The van der Waals surface area contributed by atoms with Gasteiger partial charge in [0.2, 0.25) is 0 Å². The van der Waals surface area contributed by atoms with Crippen molar-refractivity contribution >= 4 is 0 Å². The van der Waals surface area contributed by atoms with Crippen LogP contribution in [-0.4, -0.2) is 27.8 Å². The SMILES string of the molecule is C.CNC[C@H]1Cc2cc(OC)c(OC)cc21. The lowest BCUT2D eigenvalue weighted by atomic mass is 9.77. The summed E-state index contributed by atoms with van der Waals surface area (Å²) >= 11 is 0. The molecule has 1 aliphatic rings. The molecule has 0 saturated carbocycles. The molecule has 1 aromatic rings. The summed E-state index contributed by atoms with van der Waals surface area (Å²) in [6.07, 6.45) is 1.14. The number of methoxy groups -OCH3 is 2. The fourth-order valence-corrected chi connectivity index (χ4v) is 2.17. The second-order valence-corrected chi connectivity index (χ2v) is 3.86. The molecule has 2 rings (SSSR count). The highest BCUT2D eigenvalue weighted by molar-refractivity contribution is 5.53. The molecule has 0 saturated heterocycles. The second kappa shape index (κ2) is 5.21. The van der Waals surface area contributed by atoms with E-state index in [0.717, 1.165) is 24.5 Å². The normalized spacial score (nSPS) is 16.8. The molecule has 3 nitrogen and oxygen atoms in total. The first-order chi connectivity index (χ1) is 7.30. The number of rotatable bonds is 4. The summed E-state index contributed by atoms with van der Waals surface area (Å²) in [5.74, 6) is 2.29. The van der Waals surface area contributed by atoms with E-state index in [1.165, 1.54) is 11.1 Å². The Kier molecular flexibility index (Phi) is 4.19. The van der Waals surface area contributed by atoms with Crippen LogP contribution in [0, 0.1) is 0 Å². The molecule has 1 aromatic carbocycles. The monoisotopic (exact) mass is 223 g/mol. The number of fused-ring (bicyclic) bond motifs is 1. The van der Waals surface area contributed by atoms with Gasteiger partial charge in [-0.3, -0.25) is 0 Å². The van der Waals surface area contributed by atoms with E-state index >= 15 is 0 Å². The van der Waals surface area contributed by atoms with Crippen LogP contribution in [0.1, 0.15) is 24.5 Å². The molecule has 0 aliphatic heterocycles.